The van der Waals surface area contributed by atoms with Crippen LogP contribution < -0.4 is 16.0 Å². The van der Waals surface area contributed by atoms with Crippen LogP contribution in [0.4, 0.5) is 4.79 Å². The highest BCUT2D eigenvalue weighted by Gasteiger charge is 2.26. The van der Waals surface area contributed by atoms with Gasteiger partial charge in [-0.1, -0.05) is 13.3 Å². The Morgan fingerprint density at radius 1 is 1.16 bits per heavy atom. The molecule has 1 aliphatic carbocycles. The third-order valence-corrected chi connectivity index (χ3v) is 5.06. The first-order valence-electron chi connectivity index (χ1n) is 11.2. The lowest BCUT2D eigenvalue weighted by atomic mass is 10.1. The standard InChI is InChI=1S/C21H40N6O3.HI/c1-6-7-17(25-20(29)30-21(2,3)4)14-23-19(22-5)27-12-10-26(11-13-27)15-18(28)24-16-8-9-16;/h16-17H,6-15H2,1-5H3,(H,22,23)(H,24,28)(H,25,29);1H. The van der Waals surface area contributed by atoms with Crippen molar-refractivity contribution in [2.75, 3.05) is 46.3 Å². The van der Waals surface area contributed by atoms with Crippen LogP contribution >= 0.6 is 24.0 Å². The quantitative estimate of drug-likeness (QED) is 0.241. The number of amides is 2. The number of rotatable bonds is 8. The molecule has 1 saturated heterocycles. The van der Waals surface area contributed by atoms with Gasteiger partial charge in [0.15, 0.2) is 5.96 Å². The average Bonchev–Trinajstić information content (AvgIpc) is 3.45. The van der Waals surface area contributed by atoms with Crippen LogP contribution in [0.25, 0.3) is 0 Å². The maximum atomic E-state index is 12.1. The first-order chi connectivity index (χ1) is 14.2. The number of nitrogens with zero attached hydrogens (tertiary/aromatic N) is 3. The predicted octanol–water partition coefficient (Wildman–Crippen LogP) is 1.77. The average molecular weight is 553 g/mol. The minimum absolute atomic E-state index is 0. The van der Waals surface area contributed by atoms with E-state index in [4.69, 9.17) is 4.74 Å². The third kappa shape index (κ3) is 11.2. The smallest absolute Gasteiger partial charge is 0.407 e. The second-order valence-corrected chi connectivity index (χ2v) is 9.16. The van der Waals surface area contributed by atoms with Crippen molar-refractivity contribution >= 4 is 41.9 Å². The van der Waals surface area contributed by atoms with Crippen molar-refractivity contribution in [2.24, 2.45) is 4.99 Å². The van der Waals surface area contributed by atoms with E-state index in [1.807, 2.05) is 20.8 Å². The van der Waals surface area contributed by atoms with Gasteiger partial charge in [-0.2, -0.15) is 0 Å². The Balaban J connectivity index is 0.00000480. The van der Waals surface area contributed by atoms with Crippen molar-refractivity contribution in [3.8, 4) is 0 Å². The van der Waals surface area contributed by atoms with E-state index in [1.54, 1.807) is 7.05 Å². The number of hydrogen-bond acceptors (Lipinski definition) is 5. The lowest BCUT2D eigenvalue weighted by Gasteiger charge is -2.36. The molecule has 2 aliphatic rings. The molecule has 31 heavy (non-hydrogen) atoms. The van der Waals surface area contributed by atoms with Crippen LogP contribution in [0.3, 0.4) is 0 Å². The van der Waals surface area contributed by atoms with Gasteiger partial charge in [-0.3, -0.25) is 14.7 Å². The molecule has 0 spiro atoms. The zero-order chi connectivity index (χ0) is 22.1. The topological polar surface area (TPSA) is 98.3 Å². The predicted molar refractivity (Wildman–Crippen MR) is 134 cm³/mol. The number of aliphatic imine (C=N–C) groups is 1. The summed E-state index contributed by atoms with van der Waals surface area (Å²) in [5, 5.41) is 9.39. The normalized spacial score (nSPS) is 18.6. The fraction of sp³-hybridized carbons (Fsp3) is 0.857. The highest BCUT2D eigenvalue weighted by atomic mass is 127. The summed E-state index contributed by atoms with van der Waals surface area (Å²) in [6, 6.07) is 0.376. The van der Waals surface area contributed by atoms with Gasteiger partial charge in [0.1, 0.15) is 5.60 Å². The van der Waals surface area contributed by atoms with Crippen LogP contribution in [0.2, 0.25) is 0 Å². The van der Waals surface area contributed by atoms with E-state index in [0.29, 0.717) is 19.1 Å². The summed E-state index contributed by atoms with van der Waals surface area (Å²) in [6.45, 7) is 12.0. The Hall–Kier alpha value is -1.30. The van der Waals surface area contributed by atoms with Crippen LogP contribution in [0.15, 0.2) is 4.99 Å². The monoisotopic (exact) mass is 552 g/mol. The summed E-state index contributed by atoms with van der Waals surface area (Å²) >= 11 is 0. The molecular weight excluding hydrogens is 511 g/mol. The molecular formula is C21H41IN6O3. The summed E-state index contributed by atoms with van der Waals surface area (Å²) in [4.78, 5) is 32.9. The van der Waals surface area contributed by atoms with Gasteiger partial charge in [-0.25, -0.2) is 4.79 Å². The molecule has 3 N–H and O–H groups in total. The molecule has 1 saturated carbocycles. The summed E-state index contributed by atoms with van der Waals surface area (Å²) in [7, 11) is 1.77. The maximum absolute atomic E-state index is 12.1. The fourth-order valence-corrected chi connectivity index (χ4v) is 3.42. The Morgan fingerprint density at radius 3 is 2.32 bits per heavy atom. The van der Waals surface area contributed by atoms with Crippen LogP contribution in [0.1, 0.15) is 53.4 Å². The van der Waals surface area contributed by atoms with Crippen LogP contribution in [-0.2, 0) is 9.53 Å². The third-order valence-electron chi connectivity index (χ3n) is 5.06. The van der Waals surface area contributed by atoms with Crippen molar-refractivity contribution in [1.29, 1.82) is 0 Å². The minimum Gasteiger partial charge on any atom is -0.444 e. The number of nitrogens with one attached hydrogen (secondary N) is 3. The molecule has 0 aromatic carbocycles. The Kier molecular flexibility index (Phi) is 11.9. The SMILES string of the molecule is CCCC(CNC(=NC)N1CCN(CC(=O)NC2CC2)CC1)NC(=O)OC(C)(C)C.I. The molecule has 9 nitrogen and oxygen atoms in total. The van der Waals surface area contributed by atoms with Gasteiger partial charge in [0, 0.05) is 51.9 Å². The van der Waals surface area contributed by atoms with Crippen molar-refractivity contribution < 1.29 is 14.3 Å². The van der Waals surface area contributed by atoms with Crippen molar-refractivity contribution in [3.63, 3.8) is 0 Å². The van der Waals surface area contributed by atoms with Crippen LogP contribution in [0, 0.1) is 0 Å². The summed E-state index contributed by atoms with van der Waals surface area (Å²) in [5.41, 5.74) is -0.514. The largest absolute Gasteiger partial charge is 0.444 e. The molecule has 0 radical (unpaired) electrons. The lowest BCUT2D eigenvalue weighted by Crippen LogP contribution is -2.55. The van der Waals surface area contributed by atoms with E-state index in [9.17, 15) is 9.59 Å². The zero-order valence-electron chi connectivity index (χ0n) is 19.7. The molecule has 2 amide bonds. The minimum atomic E-state index is -0.514. The molecule has 10 heteroatoms. The summed E-state index contributed by atoms with van der Waals surface area (Å²) in [6.07, 6.45) is 3.65. The number of halogens is 1. The van der Waals surface area contributed by atoms with E-state index in [1.165, 1.54) is 0 Å². The molecule has 1 aliphatic heterocycles. The number of ether oxygens (including phenoxy) is 1. The number of carbonyl (C=O) groups excluding carboxylic acids is 2. The first-order valence-corrected chi connectivity index (χ1v) is 11.2. The Bertz CT molecular complexity index is 598. The summed E-state index contributed by atoms with van der Waals surface area (Å²) < 4.78 is 5.38. The van der Waals surface area contributed by atoms with Crippen molar-refractivity contribution in [1.82, 2.24) is 25.8 Å². The molecule has 0 bridgehead atoms. The van der Waals surface area contributed by atoms with Gasteiger partial charge in [-0.15, -0.1) is 24.0 Å². The van der Waals surface area contributed by atoms with E-state index >= 15 is 0 Å². The van der Waals surface area contributed by atoms with E-state index < -0.39 is 11.7 Å². The fourth-order valence-electron chi connectivity index (χ4n) is 3.42. The molecule has 2 rings (SSSR count). The lowest BCUT2D eigenvalue weighted by molar-refractivity contribution is -0.122. The Morgan fingerprint density at radius 2 is 1.81 bits per heavy atom. The number of carbonyl (C=O) groups is 2. The molecule has 1 atom stereocenters. The molecule has 1 unspecified atom stereocenters. The molecule has 180 valence electrons. The second-order valence-electron chi connectivity index (χ2n) is 9.16. The van der Waals surface area contributed by atoms with Crippen LogP contribution in [-0.4, -0.2) is 91.8 Å². The summed E-state index contributed by atoms with van der Waals surface area (Å²) in [5.74, 6) is 0.952. The molecule has 2 fully saturated rings. The molecule has 0 aromatic rings. The van der Waals surface area contributed by atoms with E-state index in [2.05, 4.69) is 37.7 Å². The molecule has 1 heterocycles. The van der Waals surface area contributed by atoms with Gasteiger partial charge >= 0.3 is 6.09 Å². The number of guanidine groups is 1. The number of piperazine rings is 1. The van der Waals surface area contributed by atoms with Crippen molar-refractivity contribution in [3.05, 3.63) is 0 Å². The van der Waals surface area contributed by atoms with E-state index in [0.717, 1.165) is 57.8 Å². The molecule has 0 aromatic heterocycles. The van der Waals surface area contributed by atoms with Crippen LogP contribution in [0.5, 0.6) is 0 Å². The number of hydrogen-bond donors (Lipinski definition) is 3. The van der Waals surface area contributed by atoms with E-state index in [-0.39, 0.29) is 35.9 Å². The van der Waals surface area contributed by atoms with Gasteiger partial charge < -0.3 is 25.6 Å². The van der Waals surface area contributed by atoms with Gasteiger partial charge in [0.05, 0.1) is 6.54 Å². The van der Waals surface area contributed by atoms with Gasteiger partial charge in [-0.05, 0) is 40.0 Å². The second kappa shape index (κ2) is 13.3. The highest BCUT2D eigenvalue weighted by Crippen LogP contribution is 2.18. The first kappa shape index (κ1) is 27.7. The Labute approximate surface area is 204 Å². The zero-order valence-corrected chi connectivity index (χ0v) is 22.0. The van der Waals surface area contributed by atoms with Crippen molar-refractivity contribution in [2.45, 2.75) is 71.1 Å². The maximum Gasteiger partial charge on any atom is 0.407 e. The highest BCUT2D eigenvalue weighted by molar-refractivity contribution is 14.0. The van der Waals surface area contributed by atoms with Gasteiger partial charge in [0.2, 0.25) is 5.91 Å². The van der Waals surface area contributed by atoms with Gasteiger partial charge in [0.25, 0.3) is 0 Å². The number of alkyl carbamates (subject to hydrolysis) is 1.